The van der Waals surface area contributed by atoms with E-state index in [1.54, 1.807) is 7.11 Å². The Balaban J connectivity index is 2.23. The predicted octanol–water partition coefficient (Wildman–Crippen LogP) is 2.06. The average molecular weight is 303 g/mol. The Morgan fingerprint density at radius 2 is 2.00 bits per heavy atom. The number of rotatable bonds is 5. The zero-order valence-electron chi connectivity index (χ0n) is 9.13. The Kier molecular flexibility index (Phi) is 6.37. The minimum Gasteiger partial charge on any atom is -0.383 e. The number of ether oxygens (including phenoxy) is 1. The van der Waals surface area contributed by atoms with E-state index in [0.29, 0.717) is 11.7 Å². The van der Waals surface area contributed by atoms with Crippen LogP contribution in [0.2, 0.25) is 0 Å². The fraction of sp³-hybridized carbons (Fsp3) is 0.364. The van der Waals surface area contributed by atoms with Crippen molar-refractivity contribution in [2.24, 2.45) is 0 Å². The van der Waals surface area contributed by atoms with Crippen molar-refractivity contribution in [1.82, 2.24) is 10.6 Å². The number of nitrogens with one attached hydrogen (secondary N) is 2. The molecule has 0 saturated heterocycles. The van der Waals surface area contributed by atoms with Gasteiger partial charge in [0.05, 0.1) is 6.61 Å². The van der Waals surface area contributed by atoms with Crippen molar-refractivity contribution in [2.75, 3.05) is 20.3 Å². The van der Waals surface area contributed by atoms with E-state index in [1.165, 1.54) is 5.56 Å². The van der Waals surface area contributed by atoms with Crippen LogP contribution in [0.25, 0.3) is 0 Å². The van der Waals surface area contributed by atoms with Crippen LogP contribution in [0.3, 0.4) is 0 Å². The van der Waals surface area contributed by atoms with Crippen molar-refractivity contribution in [3.8, 4) is 0 Å². The van der Waals surface area contributed by atoms with Crippen LogP contribution >= 0.6 is 28.1 Å². The summed E-state index contributed by atoms with van der Waals surface area (Å²) in [5.41, 5.74) is 1.19. The van der Waals surface area contributed by atoms with Crippen LogP contribution in [0.4, 0.5) is 0 Å². The number of hydrogen-bond donors (Lipinski definition) is 2. The summed E-state index contributed by atoms with van der Waals surface area (Å²) in [5, 5.41) is 6.83. The topological polar surface area (TPSA) is 33.3 Å². The Morgan fingerprint density at radius 3 is 2.62 bits per heavy atom. The lowest BCUT2D eigenvalue weighted by atomic mass is 10.2. The molecule has 2 N–H and O–H groups in total. The van der Waals surface area contributed by atoms with Crippen LogP contribution in [0.15, 0.2) is 28.7 Å². The van der Waals surface area contributed by atoms with Crippen molar-refractivity contribution in [3.63, 3.8) is 0 Å². The molecule has 1 aromatic carbocycles. The summed E-state index contributed by atoms with van der Waals surface area (Å²) >= 11 is 8.50. The molecule has 5 heteroatoms. The highest BCUT2D eigenvalue weighted by Crippen LogP contribution is 2.09. The second kappa shape index (κ2) is 7.60. The van der Waals surface area contributed by atoms with Gasteiger partial charge in [-0.05, 0) is 29.9 Å². The zero-order chi connectivity index (χ0) is 11.8. The van der Waals surface area contributed by atoms with Crippen LogP contribution < -0.4 is 10.6 Å². The van der Waals surface area contributed by atoms with Crippen molar-refractivity contribution >= 4 is 33.3 Å². The van der Waals surface area contributed by atoms with Gasteiger partial charge in [0.1, 0.15) is 0 Å². The third-order valence-corrected chi connectivity index (χ3v) is 2.78. The number of benzene rings is 1. The lowest BCUT2D eigenvalue weighted by Gasteiger charge is -2.10. The second-order valence-corrected chi connectivity index (χ2v) is 4.55. The van der Waals surface area contributed by atoms with E-state index in [1.807, 2.05) is 12.1 Å². The molecule has 1 aromatic rings. The van der Waals surface area contributed by atoms with E-state index in [4.69, 9.17) is 17.0 Å². The molecule has 0 amide bonds. The normalized spacial score (nSPS) is 9.88. The van der Waals surface area contributed by atoms with E-state index >= 15 is 0 Å². The Hall–Kier alpha value is -0.650. The highest BCUT2D eigenvalue weighted by Gasteiger charge is 1.96. The number of thiocarbonyl (C=S) groups is 1. The minimum absolute atomic E-state index is 0.653. The Labute approximate surface area is 110 Å². The van der Waals surface area contributed by atoms with Crippen molar-refractivity contribution < 1.29 is 4.74 Å². The maximum absolute atomic E-state index is 5.11. The van der Waals surface area contributed by atoms with Gasteiger partial charge in [0, 0.05) is 24.7 Å². The van der Waals surface area contributed by atoms with Gasteiger partial charge in [-0.1, -0.05) is 28.1 Å². The van der Waals surface area contributed by atoms with Crippen molar-refractivity contribution in [1.29, 1.82) is 0 Å². The smallest absolute Gasteiger partial charge is 0.166 e. The van der Waals surface area contributed by atoms with Gasteiger partial charge in [-0.25, -0.2) is 0 Å². The third-order valence-electron chi connectivity index (χ3n) is 1.96. The molecule has 16 heavy (non-hydrogen) atoms. The number of halogens is 1. The summed E-state index contributed by atoms with van der Waals surface area (Å²) in [6.45, 7) is 2.11. The summed E-state index contributed by atoms with van der Waals surface area (Å²) in [4.78, 5) is 0. The lowest BCUT2D eigenvalue weighted by molar-refractivity contribution is 0.204. The maximum Gasteiger partial charge on any atom is 0.166 e. The molecule has 0 aromatic heterocycles. The lowest BCUT2D eigenvalue weighted by Crippen LogP contribution is -2.36. The van der Waals surface area contributed by atoms with E-state index in [2.05, 4.69) is 38.7 Å². The largest absolute Gasteiger partial charge is 0.383 e. The first kappa shape index (κ1) is 13.4. The van der Waals surface area contributed by atoms with E-state index in [-0.39, 0.29) is 0 Å². The number of methoxy groups -OCH3 is 1. The van der Waals surface area contributed by atoms with Crippen LogP contribution in [0, 0.1) is 0 Å². The highest BCUT2D eigenvalue weighted by molar-refractivity contribution is 9.10. The predicted molar refractivity (Wildman–Crippen MR) is 73.5 cm³/mol. The van der Waals surface area contributed by atoms with Gasteiger partial charge in [-0.2, -0.15) is 0 Å². The van der Waals surface area contributed by atoms with Gasteiger partial charge in [0.2, 0.25) is 0 Å². The van der Waals surface area contributed by atoms with Crippen molar-refractivity contribution in [3.05, 3.63) is 34.3 Å². The molecule has 0 heterocycles. The Morgan fingerprint density at radius 1 is 1.31 bits per heavy atom. The third kappa shape index (κ3) is 5.44. The van der Waals surface area contributed by atoms with E-state index < -0.39 is 0 Å². The van der Waals surface area contributed by atoms with E-state index in [0.717, 1.165) is 17.6 Å². The monoisotopic (exact) mass is 302 g/mol. The minimum atomic E-state index is 0.653. The van der Waals surface area contributed by atoms with Gasteiger partial charge in [-0.3, -0.25) is 0 Å². The molecule has 0 aliphatic rings. The molecule has 0 aliphatic carbocycles. The van der Waals surface area contributed by atoms with Gasteiger partial charge in [0.25, 0.3) is 0 Å². The van der Waals surface area contributed by atoms with Gasteiger partial charge >= 0.3 is 0 Å². The van der Waals surface area contributed by atoms with Gasteiger partial charge in [-0.15, -0.1) is 0 Å². The van der Waals surface area contributed by atoms with Crippen molar-refractivity contribution in [2.45, 2.75) is 6.54 Å². The van der Waals surface area contributed by atoms with Crippen LogP contribution in [0.1, 0.15) is 5.56 Å². The van der Waals surface area contributed by atoms with E-state index in [9.17, 15) is 0 Å². The molecule has 0 radical (unpaired) electrons. The van der Waals surface area contributed by atoms with Gasteiger partial charge < -0.3 is 15.4 Å². The standard InChI is InChI=1S/C11H15BrN2OS/c1-15-7-6-13-11(16)14-8-9-2-4-10(12)5-3-9/h2-5H,6-8H2,1H3,(H2,13,14,16). The summed E-state index contributed by atoms with van der Waals surface area (Å²) in [5.74, 6) is 0. The molecule has 0 bridgehead atoms. The Bertz CT molecular complexity index is 329. The van der Waals surface area contributed by atoms with Crippen LogP contribution in [0.5, 0.6) is 0 Å². The fourth-order valence-electron chi connectivity index (χ4n) is 1.11. The molecule has 0 unspecified atom stereocenters. The quantitative estimate of drug-likeness (QED) is 0.644. The number of hydrogen-bond acceptors (Lipinski definition) is 2. The molecule has 0 fully saturated rings. The molecular weight excluding hydrogens is 288 g/mol. The highest BCUT2D eigenvalue weighted by atomic mass is 79.9. The molecule has 88 valence electrons. The molecule has 0 spiro atoms. The van der Waals surface area contributed by atoms with Crippen LogP contribution in [-0.2, 0) is 11.3 Å². The molecule has 0 atom stereocenters. The summed E-state index contributed by atoms with van der Waals surface area (Å²) in [6.07, 6.45) is 0. The molecule has 0 aliphatic heterocycles. The molecule has 3 nitrogen and oxygen atoms in total. The summed E-state index contributed by atoms with van der Waals surface area (Å²) < 4.78 is 5.99. The molecule has 0 saturated carbocycles. The molecular formula is C11H15BrN2OS. The summed E-state index contributed by atoms with van der Waals surface area (Å²) in [7, 11) is 1.67. The maximum atomic E-state index is 5.11. The summed E-state index contributed by atoms with van der Waals surface area (Å²) in [6, 6.07) is 8.13. The fourth-order valence-corrected chi connectivity index (χ4v) is 1.55. The zero-order valence-corrected chi connectivity index (χ0v) is 11.5. The second-order valence-electron chi connectivity index (χ2n) is 3.23. The molecule has 1 rings (SSSR count). The average Bonchev–Trinajstić information content (AvgIpc) is 2.29. The SMILES string of the molecule is COCCNC(=S)NCc1ccc(Br)cc1. The first-order chi connectivity index (χ1) is 7.72. The first-order valence-electron chi connectivity index (χ1n) is 4.97. The van der Waals surface area contributed by atoms with Gasteiger partial charge in [0.15, 0.2) is 5.11 Å². The van der Waals surface area contributed by atoms with Crippen LogP contribution in [-0.4, -0.2) is 25.4 Å². The first-order valence-corrected chi connectivity index (χ1v) is 6.17.